The molecule has 3 atom stereocenters. The average Bonchev–Trinajstić information content (AvgIpc) is 2.93. The van der Waals surface area contributed by atoms with Gasteiger partial charge in [0.15, 0.2) is 5.96 Å². The molecule has 1 aromatic carbocycles. The Kier molecular flexibility index (Phi) is 15.5. The highest BCUT2D eigenvalue weighted by Gasteiger charge is 2.39. The zero-order chi connectivity index (χ0) is 35.2. The molecule has 8 N–H and O–H groups in total. The molecule has 46 heavy (non-hydrogen) atoms. The van der Waals surface area contributed by atoms with Crippen molar-refractivity contribution in [3.05, 3.63) is 29.6 Å². The van der Waals surface area contributed by atoms with Gasteiger partial charge < -0.3 is 31.9 Å². The summed E-state index contributed by atoms with van der Waals surface area (Å²) < 4.78 is 63.5. The topological polar surface area (TPSA) is 203 Å². The zero-order valence-corrected chi connectivity index (χ0v) is 25.5. The van der Waals surface area contributed by atoms with Gasteiger partial charge in [0.2, 0.25) is 5.82 Å². The predicted octanol–water partition coefficient (Wildman–Crippen LogP) is 5.11. The number of hydrogen-bond acceptors (Lipinski definition) is 7. The van der Waals surface area contributed by atoms with E-state index in [1.807, 2.05) is 32.0 Å². The van der Waals surface area contributed by atoms with Gasteiger partial charge in [0.25, 0.3) is 5.91 Å². The lowest BCUT2D eigenvalue weighted by atomic mass is 9.90. The van der Waals surface area contributed by atoms with E-state index in [4.69, 9.17) is 30.9 Å². The SMILES string of the molecule is CCCCCC(C)NC(=O)c1nc(NC2CCCCC2NC(=N)N)c2cc(C)ccc2n1.O=C(O)C(F)(F)F.O=C(O)C(F)(F)F. The molecule has 12 nitrogen and oxygen atoms in total. The molecule has 3 unspecified atom stereocenters. The Balaban J connectivity index is 0.000000629. The molecule has 0 spiro atoms. The van der Waals surface area contributed by atoms with Gasteiger partial charge in [0.05, 0.1) is 5.52 Å². The summed E-state index contributed by atoms with van der Waals surface area (Å²) in [5, 5.41) is 32.5. The van der Waals surface area contributed by atoms with Crippen LogP contribution in [-0.4, -0.2) is 74.5 Å². The lowest BCUT2D eigenvalue weighted by molar-refractivity contribution is -0.193. The van der Waals surface area contributed by atoms with Gasteiger partial charge in [-0.1, -0.05) is 50.7 Å². The number of unbranched alkanes of at least 4 members (excludes halogenated alkanes) is 2. The second-order valence-electron chi connectivity index (χ2n) is 10.6. The number of alkyl halides is 6. The second-order valence-corrected chi connectivity index (χ2v) is 10.6. The number of guanidine groups is 1. The summed E-state index contributed by atoms with van der Waals surface area (Å²) in [6, 6.07) is 6.16. The highest BCUT2D eigenvalue weighted by molar-refractivity contribution is 5.96. The fourth-order valence-corrected chi connectivity index (χ4v) is 4.37. The van der Waals surface area contributed by atoms with Crippen LogP contribution in [0.5, 0.6) is 0 Å². The van der Waals surface area contributed by atoms with Crippen molar-refractivity contribution in [2.24, 2.45) is 5.73 Å². The molecule has 3 rings (SSSR count). The van der Waals surface area contributed by atoms with Gasteiger partial charge in [-0.25, -0.2) is 19.6 Å². The van der Waals surface area contributed by atoms with Crippen LogP contribution in [0.4, 0.5) is 32.2 Å². The molecule has 1 aliphatic rings. The highest BCUT2D eigenvalue weighted by atomic mass is 19.4. The predicted molar refractivity (Wildman–Crippen MR) is 157 cm³/mol. The number of carbonyl (C=O) groups excluding carboxylic acids is 1. The molecule has 1 saturated carbocycles. The van der Waals surface area contributed by atoms with Crippen LogP contribution in [0, 0.1) is 12.3 Å². The van der Waals surface area contributed by atoms with Gasteiger partial charge in [-0.2, -0.15) is 26.3 Å². The fraction of sp³-hybridized carbons (Fsp3) is 0.571. The van der Waals surface area contributed by atoms with Crippen molar-refractivity contribution in [3.8, 4) is 0 Å². The summed E-state index contributed by atoms with van der Waals surface area (Å²) in [5.74, 6) is -4.95. The van der Waals surface area contributed by atoms with Crippen LogP contribution in [0.3, 0.4) is 0 Å². The molecule has 0 bridgehead atoms. The number of nitrogens with zero attached hydrogens (tertiary/aromatic N) is 2. The number of anilines is 1. The van der Waals surface area contributed by atoms with Crippen LogP contribution in [0.2, 0.25) is 0 Å². The number of aryl methyl sites for hydroxylation is 1. The number of rotatable bonds is 9. The van der Waals surface area contributed by atoms with Crippen molar-refractivity contribution in [2.75, 3.05) is 5.32 Å². The molecule has 18 heteroatoms. The molecule has 0 aliphatic heterocycles. The molecule has 0 saturated heterocycles. The smallest absolute Gasteiger partial charge is 0.475 e. The molecule has 1 aliphatic carbocycles. The molecule has 1 aromatic heterocycles. The molecule has 0 radical (unpaired) electrons. The number of halogens is 6. The van der Waals surface area contributed by atoms with Gasteiger partial charge in [-0.05, 0) is 45.2 Å². The molecule has 1 heterocycles. The average molecular weight is 668 g/mol. The largest absolute Gasteiger partial charge is 0.490 e. The van der Waals surface area contributed by atoms with E-state index in [1.54, 1.807) is 0 Å². The van der Waals surface area contributed by atoms with E-state index in [0.29, 0.717) is 5.82 Å². The van der Waals surface area contributed by atoms with Crippen LogP contribution < -0.4 is 21.7 Å². The zero-order valence-electron chi connectivity index (χ0n) is 25.5. The van der Waals surface area contributed by atoms with E-state index in [0.717, 1.165) is 67.8 Å². The Morgan fingerprint density at radius 3 is 2.04 bits per heavy atom. The van der Waals surface area contributed by atoms with E-state index in [1.165, 1.54) is 0 Å². The fourth-order valence-electron chi connectivity index (χ4n) is 4.37. The maximum absolute atomic E-state index is 12.9. The first kappa shape index (κ1) is 39.6. The number of hydrogen-bond donors (Lipinski definition) is 7. The number of nitrogens with one attached hydrogen (secondary N) is 4. The number of aliphatic carboxylic acids is 2. The first-order valence-electron chi connectivity index (χ1n) is 14.3. The number of benzene rings is 1. The minimum atomic E-state index is -5.08. The minimum absolute atomic E-state index is 0.0239. The first-order chi connectivity index (χ1) is 21.3. The van der Waals surface area contributed by atoms with Crippen LogP contribution in [0.1, 0.15) is 81.4 Å². The summed E-state index contributed by atoms with van der Waals surface area (Å²) in [7, 11) is 0. The third-order valence-electron chi connectivity index (χ3n) is 6.59. The van der Waals surface area contributed by atoms with Crippen molar-refractivity contribution in [1.29, 1.82) is 5.41 Å². The lowest BCUT2D eigenvalue weighted by Gasteiger charge is -2.33. The van der Waals surface area contributed by atoms with Gasteiger partial charge in [-0.15, -0.1) is 0 Å². The molecule has 258 valence electrons. The van der Waals surface area contributed by atoms with E-state index in [2.05, 4.69) is 32.8 Å². The third kappa shape index (κ3) is 14.2. The van der Waals surface area contributed by atoms with E-state index < -0.39 is 24.3 Å². The number of amides is 1. The number of aromatic nitrogens is 2. The second kappa shape index (κ2) is 17.9. The Morgan fingerprint density at radius 2 is 1.54 bits per heavy atom. The summed E-state index contributed by atoms with van der Waals surface area (Å²) in [6.07, 6.45) is -1.75. The number of carboxylic acid groups (broad SMARTS) is 2. The van der Waals surface area contributed by atoms with Gasteiger partial charge in [-0.3, -0.25) is 10.2 Å². The van der Waals surface area contributed by atoms with Gasteiger partial charge in [0.1, 0.15) is 5.82 Å². The number of fused-ring (bicyclic) bond motifs is 1. The normalized spacial score (nSPS) is 16.9. The Morgan fingerprint density at radius 1 is 1.00 bits per heavy atom. The number of carboxylic acids is 2. The monoisotopic (exact) mass is 667 g/mol. The number of nitrogens with two attached hydrogens (primary N) is 1. The number of carbonyl (C=O) groups is 3. The van der Waals surface area contributed by atoms with Crippen LogP contribution in [0.25, 0.3) is 10.9 Å². The lowest BCUT2D eigenvalue weighted by Crippen LogP contribution is -2.50. The van der Waals surface area contributed by atoms with Gasteiger partial charge >= 0.3 is 24.3 Å². The quantitative estimate of drug-likeness (QED) is 0.0815. The van der Waals surface area contributed by atoms with Crippen molar-refractivity contribution in [1.82, 2.24) is 20.6 Å². The van der Waals surface area contributed by atoms with Gasteiger partial charge in [0, 0.05) is 23.5 Å². The van der Waals surface area contributed by atoms with Crippen molar-refractivity contribution in [3.63, 3.8) is 0 Å². The summed E-state index contributed by atoms with van der Waals surface area (Å²) in [5.41, 5.74) is 7.45. The highest BCUT2D eigenvalue weighted by Crippen LogP contribution is 2.27. The standard InChI is InChI=1S/C24H37N7O.2C2HF3O2/c1-4-5-6-9-16(3)27-23(32)22-28-18-13-12-15(2)14-17(18)21(31-22)29-19-10-7-8-11-20(19)30-24(25)26;2*3-2(4,5)1(6)7/h12-14,16,19-20H,4-11H2,1-3H3,(H,27,32)(H4,25,26,30)(H,28,29,31);2*(H,6,7). The molecule has 2 aromatic rings. The van der Waals surface area contributed by atoms with Crippen LogP contribution in [-0.2, 0) is 9.59 Å². The van der Waals surface area contributed by atoms with Crippen LogP contribution in [0.15, 0.2) is 18.2 Å². The van der Waals surface area contributed by atoms with E-state index >= 15 is 0 Å². The Labute approximate surface area is 261 Å². The Bertz CT molecular complexity index is 1320. The molecular formula is C28H39F6N7O5. The maximum Gasteiger partial charge on any atom is 0.490 e. The van der Waals surface area contributed by atoms with E-state index in [-0.39, 0.29) is 35.8 Å². The summed E-state index contributed by atoms with van der Waals surface area (Å²) >= 11 is 0. The van der Waals surface area contributed by atoms with Crippen LogP contribution >= 0.6 is 0 Å². The molecular weight excluding hydrogens is 628 g/mol. The van der Waals surface area contributed by atoms with Crippen molar-refractivity contribution < 1.29 is 50.9 Å². The summed E-state index contributed by atoms with van der Waals surface area (Å²) in [4.78, 5) is 39.9. The first-order valence-corrected chi connectivity index (χ1v) is 14.3. The maximum atomic E-state index is 12.9. The minimum Gasteiger partial charge on any atom is -0.475 e. The summed E-state index contributed by atoms with van der Waals surface area (Å²) in [6.45, 7) is 6.23. The molecule has 1 fully saturated rings. The van der Waals surface area contributed by atoms with Crippen molar-refractivity contribution >= 4 is 40.5 Å². The Hall–Kier alpha value is -4.38. The van der Waals surface area contributed by atoms with E-state index in [9.17, 15) is 31.1 Å². The molecule has 1 amide bonds. The third-order valence-corrected chi connectivity index (χ3v) is 6.59. The van der Waals surface area contributed by atoms with Crippen molar-refractivity contribution in [2.45, 2.75) is 103 Å².